The number of rotatable bonds is 8. The van der Waals surface area contributed by atoms with Gasteiger partial charge in [-0.2, -0.15) is 0 Å². The molecule has 1 amide bonds. The van der Waals surface area contributed by atoms with Gasteiger partial charge < -0.3 is 25.6 Å². The summed E-state index contributed by atoms with van der Waals surface area (Å²) in [6.45, 7) is 3.69. The average Bonchev–Trinajstić information content (AvgIpc) is 3.30. The van der Waals surface area contributed by atoms with Crippen molar-refractivity contribution in [2.45, 2.75) is 12.8 Å². The molecular weight excluding hydrogens is 390 g/mol. The summed E-state index contributed by atoms with van der Waals surface area (Å²) in [6, 6.07) is 16.0. The van der Waals surface area contributed by atoms with Gasteiger partial charge in [-0.1, -0.05) is 18.2 Å². The highest BCUT2D eigenvalue weighted by Gasteiger charge is 2.23. The second-order valence-corrected chi connectivity index (χ2v) is 7.71. The number of carbonyl (C=O) groups excluding carboxylic acids is 1. The van der Waals surface area contributed by atoms with Crippen LogP contribution in [0.3, 0.4) is 0 Å². The Morgan fingerprint density at radius 3 is 2.81 bits per heavy atom. The molecule has 166 valence electrons. The summed E-state index contributed by atoms with van der Waals surface area (Å²) in [6.07, 6.45) is 1.96. The highest BCUT2D eigenvalue weighted by Crippen LogP contribution is 2.26. The molecule has 1 heterocycles. The fourth-order valence-corrected chi connectivity index (χ4v) is 3.84. The molecule has 1 aliphatic heterocycles. The van der Waals surface area contributed by atoms with E-state index < -0.39 is 0 Å². The molecule has 1 aliphatic rings. The van der Waals surface area contributed by atoms with E-state index in [0.717, 1.165) is 56.3 Å². The summed E-state index contributed by atoms with van der Waals surface area (Å²) in [5.41, 5.74) is 3.02. The number of anilines is 1. The van der Waals surface area contributed by atoms with Gasteiger partial charge in [0.15, 0.2) is 5.96 Å². The van der Waals surface area contributed by atoms with Gasteiger partial charge in [-0.3, -0.25) is 9.79 Å². The van der Waals surface area contributed by atoms with E-state index in [2.05, 4.69) is 38.0 Å². The van der Waals surface area contributed by atoms with Crippen molar-refractivity contribution < 1.29 is 9.53 Å². The van der Waals surface area contributed by atoms with Gasteiger partial charge in [0, 0.05) is 57.6 Å². The van der Waals surface area contributed by atoms with Gasteiger partial charge in [-0.15, -0.1) is 0 Å². The summed E-state index contributed by atoms with van der Waals surface area (Å²) >= 11 is 0. The van der Waals surface area contributed by atoms with Crippen molar-refractivity contribution in [2.24, 2.45) is 10.9 Å². The van der Waals surface area contributed by atoms with Crippen LogP contribution < -0.4 is 25.6 Å². The minimum atomic E-state index is -0.0631. The maximum absolute atomic E-state index is 11.8. The van der Waals surface area contributed by atoms with Crippen LogP contribution >= 0.6 is 0 Å². The van der Waals surface area contributed by atoms with E-state index in [0.29, 0.717) is 11.5 Å². The number of guanidine groups is 1. The Hall–Kier alpha value is -3.22. The van der Waals surface area contributed by atoms with E-state index >= 15 is 0 Å². The van der Waals surface area contributed by atoms with Gasteiger partial charge in [0.1, 0.15) is 5.75 Å². The van der Waals surface area contributed by atoms with Crippen molar-refractivity contribution in [3.63, 3.8) is 0 Å². The first-order valence-electron chi connectivity index (χ1n) is 10.8. The maximum Gasteiger partial charge on any atom is 0.251 e. The number of aliphatic imine (C=N–C) groups is 1. The number of amides is 1. The third-order valence-corrected chi connectivity index (χ3v) is 5.61. The minimum Gasteiger partial charge on any atom is -0.497 e. The van der Waals surface area contributed by atoms with Gasteiger partial charge in [0.2, 0.25) is 0 Å². The highest BCUT2D eigenvalue weighted by atomic mass is 16.5. The molecule has 3 N–H and O–H groups in total. The predicted octanol–water partition coefficient (Wildman–Crippen LogP) is 2.29. The zero-order valence-electron chi connectivity index (χ0n) is 18.6. The molecule has 7 nitrogen and oxygen atoms in total. The lowest BCUT2D eigenvalue weighted by atomic mass is 10.1. The molecule has 0 spiro atoms. The first-order chi connectivity index (χ1) is 15.1. The number of ether oxygens (including phenoxy) is 1. The van der Waals surface area contributed by atoms with Crippen molar-refractivity contribution >= 4 is 17.6 Å². The van der Waals surface area contributed by atoms with Crippen LogP contribution in [0.15, 0.2) is 53.5 Å². The zero-order chi connectivity index (χ0) is 22.1. The number of nitrogens with zero attached hydrogens (tertiary/aromatic N) is 2. The summed E-state index contributed by atoms with van der Waals surface area (Å²) in [4.78, 5) is 18.5. The number of hydrogen-bond acceptors (Lipinski definition) is 4. The largest absolute Gasteiger partial charge is 0.497 e. The molecule has 0 bridgehead atoms. The molecule has 2 aromatic rings. The lowest BCUT2D eigenvalue weighted by Gasteiger charge is -2.20. The van der Waals surface area contributed by atoms with Crippen LogP contribution in [0, 0.1) is 5.92 Å². The van der Waals surface area contributed by atoms with E-state index in [1.807, 2.05) is 36.4 Å². The van der Waals surface area contributed by atoms with Gasteiger partial charge in [0.25, 0.3) is 5.91 Å². The lowest BCUT2D eigenvalue weighted by molar-refractivity contribution is 0.0963. The number of nitrogens with one attached hydrogen (secondary N) is 3. The molecule has 31 heavy (non-hydrogen) atoms. The summed E-state index contributed by atoms with van der Waals surface area (Å²) < 4.78 is 5.35. The van der Waals surface area contributed by atoms with Crippen molar-refractivity contribution in [1.82, 2.24) is 16.0 Å². The number of hydrogen-bond donors (Lipinski definition) is 3. The smallest absolute Gasteiger partial charge is 0.251 e. The lowest BCUT2D eigenvalue weighted by Crippen LogP contribution is -2.41. The van der Waals surface area contributed by atoms with Crippen LogP contribution in [0.1, 0.15) is 22.3 Å². The zero-order valence-corrected chi connectivity index (χ0v) is 18.6. The third kappa shape index (κ3) is 6.38. The maximum atomic E-state index is 11.8. The fourth-order valence-electron chi connectivity index (χ4n) is 3.84. The van der Waals surface area contributed by atoms with Gasteiger partial charge in [0.05, 0.1) is 7.11 Å². The molecule has 0 aliphatic carbocycles. The molecule has 7 heteroatoms. The van der Waals surface area contributed by atoms with Crippen LogP contribution in [-0.4, -0.2) is 59.3 Å². The van der Waals surface area contributed by atoms with E-state index in [1.165, 1.54) is 5.69 Å². The number of carbonyl (C=O) groups is 1. The second-order valence-electron chi connectivity index (χ2n) is 7.71. The van der Waals surface area contributed by atoms with Crippen molar-refractivity contribution in [1.29, 1.82) is 0 Å². The first kappa shape index (κ1) is 22.5. The van der Waals surface area contributed by atoms with Crippen LogP contribution in [0.4, 0.5) is 5.69 Å². The van der Waals surface area contributed by atoms with Crippen LogP contribution in [-0.2, 0) is 6.42 Å². The highest BCUT2D eigenvalue weighted by molar-refractivity contribution is 5.94. The Kier molecular flexibility index (Phi) is 8.15. The molecule has 0 radical (unpaired) electrons. The molecule has 0 saturated carbocycles. The van der Waals surface area contributed by atoms with E-state index in [1.54, 1.807) is 21.2 Å². The second kappa shape index (κ2) is 11.2. The van der Waals surface area contributed by atoms with Crippen molar-refractivity contribution in [2.75, 3.05) is 52.3 Å². The van der Waals surface area contributed by atoms with Crippen LogP contribution in [0.5, 0.6) is 5.75 Å². The van der Waals surface area contributed by atoms with Gasteiger partial charge in [-0.25, -0.2) is 0 Å². The predicted molar refractivity (Wildman–Crippen MR) is 126 cm³/mol. The number of methoxy groups -OCH3 is 1. The summed E-state index contributed by atoms with van der Waals surface area (Å²) in [7, 11) is 5.14. The molecule has 1 unspecified atom stereocenters. The van der Waals surface area contributed by atoms with Crippen molar-refractivity contribution in [3.05, 3.63) is 59.7 Å². The third-order valence-electron chi connectivity index (χ3n) is 5.61. The standard InChI is InChI=1S/C24H33N5O2/c1-25-23(30)20-7-4-6-18(14-20)10-12-27-24(26-2)28-16-19-11-13-29(17-19)21-8-5-9-22(15-21)31-3/h4-9,14-15,19H,10-13,16-17H2,1-3H3,(H,25,30)(H2,26,27,28). The Balaban J connectivity index is 1.42. The number of benzene rings is 2. The van der Waals surface area contributed by atoms with Gasteiger partial charge in [-0.05, 0) is 48.6 Å². The summed E-state index contributed by atoms with van der Waals surface area (Å²) in [5, 5.41) is 9.49. The topological polar surface area (TPSA) is 78.0 Å². The minimum absolute atomic E-state index is 0.0631. The first-order valence-corrected chi connectivity index (χ1v) is 10.8. The summed E-state index contributed by atoms with van der Waals surface area (Å²) in [5.74, 6) is 2.20. The molecule has 1 saturated heterocycles. The average molecular weight is 424 g/mol. The van der Waals surface area contributed by atoms with Crippen molar-refractivity contribution in [3.8, 4) is 5.75 Å². The Morgan fingerprint density at radius 2 is 2.03 bits per heavy atom. The molecule has 1 atom stereocenters. The quantitative estimate of drug-likeness (QED) is 0.449. The molecule has 1 fully saturated rings. The van der Waals surface area contributed by atoms with E-state index in [4.69, 9.17) is 4.74 Å². The molecule has 3 rings (SSSR count). The fraction of sp³-hybridized carbons (Fsp3) is 0.417. The molecule has 2 aromatic carbocycles. The monoisotopic (exact) mass is 423 g/mol. The molecule has 0 aromatic heterocycles. The molecular formula is C24H33N5O2. The normalized spacial score (nSPS) is 16.2. The Labute approximate surface area is 184 Å². The van der Waals surface area contributed by atoms with E-state index in [9.17, 15) is 4.79 Å². The van der Waals surface area contributed by atoms with Crippen LogP contribution in [0.2, 0.25) is 0 Å². The Morgan fingerprint density at radius 1 is 1.19 bits per heavy atom. The Bertz CT molecular complexity index is 899. The van der Waals surface area contributed by atoms with Gasteiger partial charge >= 0.3 is 0 Å². The SMILES string of the molecule is CN=C(NCCc1cccc(C(=O)NC)c1)NCC1CCN(c2cccc(OC)c2)C1. The van der Waals surface area contributed by atoms with E-state index in [-0.39, 0.29) is 5.91 Å². The van der Waals surface area contributed by atoms with Crippen LogP contribution in [0.25, 0.3) is 0 Å².